The van der Waals surface area contributed by atoms with Gasteiger partial charge < -0.3 is 15.6 Å². The zero-order valence-corrected chi connectivity index (χ0v) is 15.7. The van der Waals surface area contributed by atoms with Crippen LogP contribution in [-0.4, -0.2) is 28.9 Å². The Kier molecular flexibility index (Phi) is 4.65. The van der Waals surface area contributed by atoms with Gasteiger partial charge in [-0.2, -0.15) is 0 Å². The maximum absolute atomic E-state index is 13.0. The first-order valence-electron chi connectivity index (χ1n) is 8.63. The van der Waals surface area contributed by atoms with E-state index in [1.165, 1.54) is 5.56 Å². The number of amides is 1. The fraction of sp³-hybridized carbons (Fsp3) is 0.250. The summed E-state index contributed by atoms with van der Waals surface area (Å²) in [6.07, 6.45) is 1.51. The Hall–Kier alpha value is -2.01. The number of rotatable bonds is 3. The molecule has 4 rings (SSSR count). The van der Waals surface area contributed by atoms with Crippen LogP contribution in [0, 0.1) is 0 Å². The maximum Gasteiger partial charge on any atom is 0.254 e. The van der Waals surface area contributed by atoms with E-state index in [1.54, 1.807) is 6.07 Å². The van der Waals surface area contributed by atoms with E-state index in [-0.39, 0.29) is 5.91 Å². The summed E-state index contributed by atoms with van der Waals surface area (Å²) in [6.45, 7) is 1.75. The van der Waals surface area contributed by atoms with Crippen LogP contribution in [0.2, 0.25) is 10.0 Å². The zero-order valence-electron chi connectivity index (χ0n) is 14.2. The lowest BCUT2D eigenvalue weighted by Crippen LogP contribution is -2.36. The molecule has 6 heteroatoms. The lowest BCUT2D eigenvalue weighted by Gasteiger charge is -2.27. The first kappa shape index (κ1) is 17.4. The van der Waals surface area contributed by atoms with Crippen LogP contribution in [0.15, 0.2) is 36.4 Å². The standard InChI is InChI=1S/C20H19Cl2N3O/c21-14-1-2-18-17(10-14)16-4-6-25(11-19(16)24-18)20(26)13-7-12(3-5-23)8-15(22)9-13/h1-2,7-10,24H,3-6,11,23H2. The number of aromatic amines is 1. The van der Waals surface area contributed by atoms with Crippen molar-refractivity contribution in [3.05, 3.63) is 68.8 Å². The average molecular weight is 388 g/mol. The van der Waals surface area contributed by atoms with E-state index in [4.69, 9.17) is 28.9 Å². The van der Waals surface area contributed by atoms with Crippen LogP contribution < -0.4 is 5.73 Å². The van der Waals surface area contributed by atoms with Gasteiger partial charge in [-0.15, -0.1) is 0 Å². The van der Waals surface area contributed by atoms with Crippen molar-refractivity contribution in [3.63, 3.8) is 0 Å². The zero-order chi connectivity index (χ0) is 18.3. The molecule has 1 aliphatic rings. The molecule has 0 aliphatic carbocycles. The van der Waals surface area contributed by atoms with Crippen molar-refractivity contribution in [2.45, 2.75) is 19.4 Å². The predicted molar refractivity (Wildman–Crippen MR) is 106 cm³/mol. The van der Waals surface area contributed by atoms with Crippen molar-refractivity contribution in [2.24, 2.45) is 5.73 Å². The van der Waals surface area contributed by atoms with Gasteiger partial charge in [0.2, 0.25) is 0 Å². The fourth-order valence-corrected chi connectivity index (χ4v) is 4.08. The number of carbonyl (C=O) groups excluding carboxylic acids is 1. The SMILES string of the molecule is NCCc1cc(Cl)cc(C(=O)N2CCc3c([nH]c4ccc(Cl)cc34)C2)c1. The van der Waals surface area contributed by atoms with Gasteiger partial charge in [0.25, 0.3) is 5.91 Å². The number of hydrogen-bond acceptors (Lipinski definition) is 2. The maximum atomic E-state index is 13.0. The van der Waals surface area contributed by atoms with Crippen molar-refractivity contribution >= 4 is 40.0 Å². The highest BCUT2D eigenvalue weighted by Crippen LogP contribution is 2.30. The van der Waals surface area contributed by atoms with Gasteiger partial charge in [0.15, 0.2) is 0 Å². The largest absolute Gasteiger partial charge is 0.357 e. The van der Waals surface area contributed by atoms with Crippen molar-refractivity contribution in [1.82, 2.24) is 9.88 Å². The van der Waals surface area contributed by atoms with Gasteiger partial charge in [0.05, 0.1) is 6.54 Å². The smallest absolute Gasteiger partial charge is 0.254 e. The van der Waals surface area contributed by atoms with Crippen LogP contribution >= 0.6 is 23.2 Å². The highest BCUT2D eigenvalue weighted by atomic mass is 35.5. The molecule has 0 atom stereocenters. The molecule has 1 aliphatic heterocycles. The van der Waals surface area contributed by atoms with Crippen LogP contribution in [0.5, 0.6) is 0 Å². The first-order chi connectivity index (χ1) is 12.5. The molecule has 134 valence electrons. The second-order valence-corrected chi connectivity index (χ2v) is 7.51. The van der Waals surface area contributed by atoms with Crippen LogP contribution in [-0.2, 0) is 19.4 Å². The third-order valence-electron chi connectivity index (χ3n) is 4.86. The molecule has 26 heavy (non-hydrogen) atoms. The molecule has 0 saturated heterocycles. The van der Waals surface area contributed by atoms with E-state index in [0.717, 1.165) is 33.6 Å². The fourth-order valence-electron chi connectivity index (χ4n) is 3.65. The Labute approximate surface area is 161 Å². The molecule has 0 saturated carbocycles. The minimum atomic E-state index is -0.00638. The average Bonchev–Trinajstić information content (AvgIpc) is 2.98. The van der Waals surface area contributed by atoms with Crippen molar-refractivity contribution in [1.29, 1.82) is 0 Å². The van der Waals surface area contributed by atoms with Crippen molar-refractivity contribution in [2.75, 3.05) is 13.1 Å². The topological polar surface area (TPSA) is 62.1 Å². The van der Waals surface area contributed by atoms with Gasteiger partial charge >= 0.3 is 0 Å². The molecule has 3 N–H and O–H groups in total. The molecular formula is C20H19Cl2N3O. The first-order valence-corrected chi connectivity index (χ1v) is 9.38. The van der Waals surface area contributed by atoms with Crippen LogP contribution in [0.1, 0.15) is 27.2 Å². The number of fused-ring (bicyclic) bond motifs is 3. The van der Waals surface area contributed by atoms with E-state index in [1.807, 2.05) is 35.2 Å². The van der Waals surface area contributed by atoms with Crippen molar-refractivity contribution in [3.8, 4) is 0 Å². The van der Waals surface area contributed by atoms with Gasteiger partial charge in [-0.1, -0.05) is 23.2 Å². The normalized spacial score (nSPS) is 13.9. The number of benzene rings is 2. The predicted octanol–water partition coefficient (Wildman–Crippen LogP) is 4.17. The summed E-state index contributed by atoms with van der Waals surface area (Å²) in [5, 5.41) is 2.44. The summed E-state index contributed by atoms with van der Waals surface area (Å²) in [7, 11) is 0. The lowest BCUT2D eigenvalue weighted by molar-refractivity contribution is 0.0733. The third kappa shape index (κ3) is 3.20. The van der Waals surface area contributed by atoms with Crippen molar-refractivity contribution < 1.29 is 4.79 Å². The molecule has 2 heterocycles. The number of H-pyrrole nitrogens is 1. The molecule has 3 aromatic rings. The van der Waals surface area contributed by atoms with Crippen LogP contribution in [0.3, 0.4) is 0 Å². The van der Waals surface area contributed by atoms with E-state index in [0.29, 0.717) is 36.6 Å². The summed E-state index contributed by atoms with van der Waals surface area (Å²) in [6, 6.07) is 11.3. The highest BCUT2D eigenvalue weighted by molar-refractivity contribution is 6.31. The van der Waals surface area contributed by atoms with E-state index >= 15 is 0 Å². The molecule has 0 bridgehead atoms. The summed E-state index contributed by atoms with van der Waals surface area (Å²) >= 11 is 12.3. The summed E-state index contributed by atoms with van der Waals surface area (Å²) in [5.74, 6) is -0.00638. The van der Waals surface area contributed by atoms with E-state index in [2.05, 4.69) is 4.98 Å². The molecule has 1 amide bonds. The Balaban J connectivity index is 1.62. The molecule has 4 nitrogen and oxygen atoms in total. The van der Waals surface area contributed by atoms with Crippen LogP contribution in [0.4, 0.5) is 0 Å². The summed E-state index contributed by atoms with van der Waals surface area (Å²) in [4.78, 5) is 18.3. The van der Waals surface area contributed by atoms with Gasteiger partial charge in [0, 0.05) is 38.8 Å². The second kappa shape index (κ2) is 6.95. The summed E-state index contributed by atoms with van der Waals surface area (Å²) < 4.78 is 0. The van der Waals surface area contributed by atoms with Crippen LogP contribution in [0.25, 0.3) is 10.9 Å². The number of hydrogen-bond donors (Lipinski definition) is 2. The monoisotopic (exact) mass is 387 g/mol. The van der Waals surface area contributed by atoms with E-state index in [9.17, 15) is 4.79 Å². The van der Waals surface area contributed by atoms with E-state index < -0.39 is 0 Å². The molecular weight excluding hydrogens is 369 g/mol. The molecule has 1 aromatic heterocycles. The molecule has 0 fully saturated rings. The minimum Gasteiger partial charge on any atom is -0.357 e. The van der Waals surface area contributed by atoms with Gasteiger partial charge in [-0.25, -0.2) is 0 Å². The Morgan fingerprint density at radius 1 is 1.15 bits per heavy atom. The molecule has 0 radical (unpaired) electrons. The highest BCUT2D eigenvalue weighted by Gasteiger charge is 2.25. The number of nitrogens with zero attached hydrogens (tertiary/aromatic N) is 1. The molecule has 0 unspecified atom stereocenters. The second-order valence-electron chi connectivity index (χ2n) is 6.64. The lowest BCUT2D eigenvalue weighted by atomic mass is 10.0. The quantitative estimate of drug-likeness (QED) is 0.707. The number of nitrogens with one attached hydrogen (secondary N) is 1. The number of halogens is 2. The third-order valence-corrected chi connectivity index (χ3v) is 5.32. The van der Waals surface area contributed by atoms with Gasteiger partial charge in [-0.3, -0.25) is 4.79 Å². The number of nitrogens with two attached hydrogens (primary N) is 1. The minimum absolute atomic E-state index is 0.00638. The Morgan fingerprint density at radius 3 is 2.81 bits per heavy atom. The molecule has 0 spiro atoms. The number of aromatic nitrogens is 1. The van der Waals surface area contributed by atoms with Gasteiger partial charge in [-0.05, 0) is 66.9 Å². The number of carbonyl (C=O) groups is 1. The summed E-state index contributed by atoms with van der Waals surface area (Å²) in [5.41, 5.74) is 10.6. The Bertz CT molecular complexity index is 996. The Morgan fingerprint density at radius 2 is 2.00 bits per heavy atom. The molecule has 2 aromatic carbocycles. The van der Waals surface area contributed by atoms with Gasteiger partial charge in [0.1, 0.15) is 0 Å².